The van der Waals surface area contributed by atoms with Crippen molar-refractivity contribution in [2.24, 2.45) is 5.92 Å². The van der Waals surface area contributed by atoms with Crippen molar-refractivity contribution in [1.29, 1.82) is 0 Å². The van der Waals surface area contributed by atoms with Crippen molar-refractivity contribution < 1.29 is 19.1 Å². The minimum atomic E-state index is -0.624. The van der Waals surface area contributed by atoms with Gasteiger partial charge in [-0.3, -0.25) is 14.5 Å². The molecule has 1 aromatic rings. The summed E-state index contributed by atoms with van der Waals surface area (Å²) in [6.07, 6.45) is 2.36. The number of nitrogens with one attached hydrogen (secondary N) is 1. The predicted octanol–water partition coefficient (Wildman–Crippen LogP) is 2.09. The number of hydrogen-bond acceptors (Lipinski definition) is 5. The SMILES string of the molecule is CC[C@H](C)[C@H](NC(=O)OCc1ccccc1)C(=O)N1CCN(CC(=O)N2CCCC2)CC1. The Labute approximate surface area is 190 Å². The van der Waals surface area contributed by atoms with Gasteiger partial charge in [-0.05, 0) is 24.3 Å². The smallest absolute Gasteiger partial charge is 0.408 e. The highest BCUT2D eigenvalue weighted by atomic mass is 16.5. The molecule has 2 atom stereocenters. The highest BCUT2D eigenvalue weighted by Crippen LogP contribution is 2.14. The van der Waals surface area contributed by atoms with Crippen LogP contribution in [0.25, 0.3) is 0 Å². The van der Waals surface area contributed by atoms with E-state index in [2.05, 4.69) is 10.2 Å². The molecule has 2 aliphatic rings. The van der Waals surface area contributed by atoms with Crippen molar-refractivity contribution >= 4 is 17.9 Å². The van der Waals surface area contributed by atoms with Crippen molar-refractivity contribution in [1.82, 2.24) is 20.0 Å². The van der Waals surface area contributed by atoms with E-state index in [-0.39, 0.29) is 24.3 Å². The van der Waals surface area contributed by atoms with Gasteiger partial charge in [0.2, 0.25) is 11.8 Å². The van der Waals surface area contributed by atoms with E-state index >= 15 is 0 Å². The van der Waals surface area contributed by atoms with Crippen LogP contribution in [-0.2, 0) is 20.9 Å². The Bertz CT molecular complexity index is 759. The fourth-order valence-electron chi connectivity index (χ4n) is 4.16. The van der Waals surface area contributed by atoms with E-state index in [9.17, 15) is 14.4 Å². The number of ether oxygens (including phenoxy) is 1. The molecule has 0 spiro atoms. The maximum Gasteiger partial charge on any atom is 0.408 e. The average molecular weight is 445 g/mol. The van der Waals surface area contributed by atoms with Crippen LogP contribution in [0, 0.1) is 5.92 Å². The van der Waals surface area contributed by atoms with Crippen molar-refractivity contribution in [3.05, 3.63) is 35.9 Å². The molecule has 3 rings (SSSR count). The number of carbonyl (C=O) groups is 3. The molecule has 3 amide bonds. The van der Waals surface area contributed by atoms with Gasteiger partial charge in [0, 0.05) is 39.3 Å². The van der Waals surface area contributed by atoms with E-state index in [1.807, 2.05) is 49.1 Å². The summed E-state index contributed by atoms with van der Waals surface area (Å²) in [7, 11) is 0. The zero-order valence-electron chi connectivity index (χ0n) is 19.3. The number of hydrogen-bond donors (Lipinski definition) is 1. The number of likely N-dealkylation sites (tertiary alicyclic amines) is 1. The quantitative estimate of drug-likeness (QED) is 0.664. The number of alkyl carbamates (subject to hydrolysis) is 1. The van der Waals surface area contributed by atoms with Gasteiger partial charge in [-0.15, -0.1) is 0 Å². The highest BCUT2D eigenvalue weighted by molar-refractivity contribution is 5.86. The predicted molar refractivity (Wildman–Crippen MR) is 122 cm³/mol. The van der Waals surface area contributed by atoms with E-state index in [0.717, 1.165) is 37.9 Å². The third kappa shape index (κ3) is 6.69. The minimum absolute atomic E-state index is 0.0125. The van der Waals surface area contributed by atoms with E-state index in [1.54, 1.807) is 4.90 Å². The van der Waals surface area contributed by atoms with Gasteiger partial charge in [-0.2, -0.15) is 0 Å². The number of benzene rings is 1. The zero-order valence-corrected chi connectivity index (χ0v) is 19.3. The molecule has 8 heteroatoms. The van der Waals surface area contributed by atoms with Crippen LogP contribution in [0.15, 0.2) is 30.3 Å². The number of carbonyl (C=O) groups excluding carboxylic acids is 3. The molecule has 2 fully saturated rings. The lowest BCUT2D eigenvalue weighted by molar-refractivity contribution is -0.137. The van der Waals surface area contributed by atoms with Gasteiger partial charge in [0.05, 0.1) is 6.54 Å². The Hall–Kier alpha value is -2.61. The van der Waals surface area contributed by atoms with E-state index in [0.29, 0.717) is 32.7 Å². The molecule has 0 aromatic heterocycles. The third-order valence-corrected chi connectivity index (χ3v) is 6.47. The highest BCUT2D eigenvalue weighted by Gasteiger charge is 2.33. The molecule has 1 aromatic carbocycles. The van der Waals surface area contributed by atoms with Crippen LogP contribution in [-0.4, -0.2) is 84.5 Å². The fourth-order valence-corrected chi connectivity index (χ4v) is 4.16. The first-order chi connectivity index (χ1) is 15.5. The first kappa shape index (κ1) is 24.0. The summed E-state index contributed by atoms with van der Waals surface area (Å²) < 4.78 is 5.33. The summed E-state index contributed by atoms with van der Waals surface area (Å²) in [4.78, 5) is 43.8. The molecule has 8 nitrogen and oxygen atoms in total. The van der Waals surface area contributed by atoms with Crippen LogP contribution in [0.2, 0.25) is 0 Å². The second kappa shape index (κ2) is 11.9. The molecular weight excluding hydrogens is 408 g/mol. The summed E-state index contributed by atoms with van der Waals surface area (Å²) in [6, 6.07) is 8.84. The second-order valence-corrected chi connectivity index (χ2v) is 8.76. The summed E-state index contributed by atoms with van der Waals surface area (Å²) in [5.74, 6) is 0.0886. The van der Waals surface area contributed by atoms with E-state index in [1.165, 1.54) is 0 Å². The summed E-state index contributed by atoms with van der Waals surface area (Å²) in [6.45, 7) is 8.71. The molecule has 0 saturated carbocycles. The minimum Gasteiger partial charge on any atom is -0.445 e. The normalized spacial score (nSPS) is 18.8. The van der Waals surface area contributed by atoms with Gasteiger partial charge in [0.15, 0.2) is 0 Å². The Kier molecular flexibility index (Phi) is 8.90. The monoisotopic (exact) mass is 444 g/mol. The lowest BCUT2D eigenvalue weighted by atomic mass is 9.97. The Balaban J connectivity index is 1.48. The standard InChI is InChI=1S/C24H36N4O4/c1-3-19(2)22(25-24(31)32-18-20-9-5-4-6-10-20)23(30)28-15-13-26(14-16-28)17-21(29)27-11-7-8-12-27/h4-6,9-10,19,22H,3,7-8,11-18H2,1-2H3,(H,25,31)/t19-,22-/m0/s1. The van der Waals surface area contributed by atoms with Gasteiger partial charge in [0.1, 0.15) is 12.6 Å². The van der Waals surface area contributed by atoms with Crippen LogP contribution in [0.1, 0.15) is 38.7 Å². The van der Waals surface area contributed by atoms with Gasteiger partial charge < -0.3 is 19.9 Å². The molecule has 0 radical (unpaired) electrons. The topological polar surface area (TPSA) is 82.2 Å². The molecule has 2 heterocycles. The lowest BCUT2D eigenvalue weighted by Crippen LogP contribution is -2.57. The number of rotatable bonds is 8. The number of nitrogens with zero attached hydrogens (tertiary/aromatic N) is 3. The average Bonchev–Trinajstić information content (AvgIpc) is 3.37. The summed E-state index contributed by atoms with van der Waals surface area (Å²) >= 11 is 0. The van der Waals surface area contributed by atoms with Crippen molar-refractivity contribution in [3.8, 4) is 0 Å². The molecule has 2 saturated heterocycles. The van der Waals surface area contributed by atoms with Crippen LogP contribution in [0.4, 0.5) is 4.79 Å². The first-order valence-electron chi connectivity index (χ1n) is 11.7. The molecule has 2 aliphatic heterocycles. The Morgan fingerprint density at radius 2 is 1.62 bits per heavy atom. The maximum absolute atomic E-state index is 13.2. The van der Waals surface area contributed by atoms with Crippen molar-refractivity contribution in [2.45, 2.75) is 45.8 Å². The maximum atomic E-state index is 13.2. The van der Waals surface area contributed by atoms with Crippen LogP contribution >= 0.6 is 0 Å². The molecule has 0 aliphatic carbocycles. The van der Waals surface area contributed by atoms with E-state index in [4.69, 9.17) is 4.74 Å². The second-order valence-electron chi connectivity index (χ2n) is 8.76. The molecule has 32 heavy (non-hydrogen) atoms. The number of piperazine rings is 1. The zero-order chi connectivity index (χ0) is 22.9. The van der Waals surface area contributed by atoms with Gasteiger partial charge in [-0.1, -0.05) is 50.6 Å². The lowest BCUT2D eigenvalue weighted by Gasteiger charge is -2.37. The Morgan fingerprint density at radius 1 is 0.969 bits per heavy atom. The van der Waals surface area contributed by atoms with Crippen LogP contribution in [0.3, 0.4) is 0 Å². The molecule has 1 N–H and O–H groups in total. The number of amides is 3. The van der Waals surface area contributed by atoms with Gasteiger partial charge in [0.25, 0.3) is 0 Å². The molecule has 0 bridgehead atoms. The molecular formula is C24H36N4O4. The third-order valence-electron chi connectivity index (χ3n) is 6.47. The largest absolute Gasteiger partial charge is 0.445 e. The Morgan fingerprint density at radius 3 is 2.25 bits per heavy atom. The van der Waals surface area contributed by atoms with E-state index < -0.39 is 12.1 Å². The van der Waals surface area contributed by atoms with Gasteiger partial charge in [-0.25, -0.2) is 4.79 Å². The molecule has 176 valence electrons. The van der Waals surface area contributed by atoms with Gasteiger partial charge >= 0.3 is 6.09 Å². The molecule has 0 unspecified atom stereocenters. The first-order valence-corrected chi connectivity index (χ1v) is 11.7. The van der Waals surface area contributed by atoms with Crippen molar-refractivity contribution in [2.75, 3.05) is 45.8 Å². The van der Waals surface area contributed by atoms with Crippen LogP contribution in [0.5, 0.6) is 0 Å². The summed E-state index contributed by atoms with van der Waals surface area (Å²) in [5.41, 5.74) is 0.897. The van der Waals surface area contributed by atoms with Crippen LogP contribution < -0.4 is 5.32 Å². The summed E-state index contributed by atoms with van der Waals surface area (Å²) in [5, 5.41) is 2.79. The van der Waals surface area contributed by atoms with Crippen molar-refractivity contribution in [3.63, 3.8) is 0 Å². The fraction of sp³-hybridized carbons (Fsp3) is 0.625.